The van der Waals surface area contributed by atoms with Gasteiger partial charge in [0.1, 0.15) is 6.04 Å². The van der Waals surface area contributed by atoms with E-state index in [0.717, 1.165) is 12.8 Å². The summed E-state index contributed by atoms with van der Waals surface area (Å²) in [6.45, 7) is 5.18. The number of carbonyl (C=O) groups is 1. The van der Waals surface area contributed by atoms with Crippen molar-refractivity contribution in [3.63, 3.8) is 0 Å². The normalized spacial score (nSPS) is 22.6. The van der Waals surface area contributed by atoms with E-state index in [1.54, 1.807) is 17.2 Å². The highest BCUT2D eigenvalue weighted by Crippen LogP contribution is 2.28. The van der Waals surface area contributed by atoms with E-state index in [4.69, 9.17) is 4.74 Å². The molecule has 2 atom stereocenters. The van der Waals surface area contributed by atoms with E-state index in [9.17, 15) is 9.90 Å². The number of rotatable bonds is 5. The molecule has 110 valence electrons. The zero-order chi connectivity index (χ0) is 14.5. The van der Waals surface area contributed by atoms with Crippen LogP contribution in [0, 0.1) is 5.92 Å². The quantitative estimate of drug-likeness (QED) is 0.888. The largest absolute Gasteiger partial charge is 0.480 e. The van der Waals surface area contributed by atoms with Gasteiger partial charge < -0.3 is 14.7 Å². The first-order chi connectivity index (χ1) is 9.65. The Morgan fingerprint density at radius 3 is 3.00 bits per heavy atom. The number of ether oxygens (including phenoxy) is 1. The minimum absolute atomic E-state index is 0.443. The lowest BCUT2D eigenvalue weighted by Crippen LogP contribution is -2.48. The fourth-order valence-electron chi connectivity index (χ4n) is 2.58. The van der Waals surface area contributed by atoms with Gasteiger partial charge in [-0.05, 0) is 25.7 Å². The molecule has 1 fully saturated rings. The molecule has 2 unspecified atom stereocenters. The first kappa shape index (κ1) is 14.6. The summed E-state index contributed by atoms with van der Waals surface area (Å²) in [5.41, 5.74) is 0. The molecule has 1 N–H and O–H groups in total. The van der Waals surface area contributed by atoms with Gasteiger partial charge in [-0.1, -0.05) is 13.3 Å². The van der Waals surface area contributed by atoms with Crippen LogP contribution in [-0.4, -0.2) is 40.2 Å². The molecule has 1 aromatic heterocycles. The van der Waals surface area contributed by atoms with E-state index in [-0.39, 0.29) is 0 Å². The molecular formula is C14H21N3O3. The van der Waals surface area contributed by atoms with Gasteiger partial charge in [0, 0.05) is 18.8 Å². The number of hydrogen-bond donors (Lipinski definition) is 1. The Labute approximate surface area is 118 Å². The average Bonchev–Trinajstić information content (AvgIpc) is 2.47. The summed E-state index contributed by atoms with van der Waals surface area (Å²) >= 11 is 0. The monoisotopic (exact) mass is 279 g/mol. The van der Waals surface area contributed by atoms with Crippen molar-refractivity contribution >= 4 is 11.9 Å². The third kappa shape index (κ3) is 3.18. The van der Waals surface area contributed by atoms with E-state index in [0.29, 0.717) is 37.3 Å². The average molecular weight is 279 g/mol. The van der Waals surface area contributed by atoms with E-state index < -0.39 is 12.0 Å². The Bertz CT molecular complexity index is 467. The van der Waals surface area contributed by atoms with Gasteiger partial charge in [0.05, 0.1) is 6.61 Å². The van der Waals surface area contributed by atoms with E-state index in [1.165, 1.54) is 0 Å². The minimum atomic E-state index is -0.812. The van der Waals surface area contributed by atoms with Gasteiger partial charge in [0.25, 0.3) is 0 Å². The van der Waals surface area contributed by atoms with Crippen LogP contribution in [0.25, 0.3) is 0 Å². The van der Waals surface area contributed by atoms with Crippen molar-refractivity contribution in [2.75, 3.05) is 18.1 Å². The van der Waals surface area contributed by atoms with Gasteiger partial charge in [-0.2, -0.15) is 4.98 Å². The van der Waals surface area contributed by atoms with Crippen molar-refractivity contribution in [3.05, 3.63) is 12.3 Å². The first-order valence-electron chi connectivity index (χ1n) is 7.11. The summed E-state index contributed by atoms with van der Waals surface area (Å²) in [7, 11) is 0. The Kier molecular flexibility index (Phi) is 4.76. The maximum Gasteiger partial charge on any atom is 0.326 e. The second kappa shape index (κ2) is 6.54. The van der Waals surface area contributed by atoms with Crippen LogP contribution in [0.2, 0.25) is 0 Å². The number of hydrogen-bond acceptors (Lipinski definition) is 5. The molecule has 2 heterocycles. The Morgan fingerprint density at radius 1 is 1.55 bits per heavy atom. The standard InChI is InChI=1S/C14H21N3O3/c1-3-10-6-8-17(11(9-10)13(18)19)14-15-7-5-12(16-14)20-4-2/h5,7,10-11H,3-4,6,8-9H2,1-2H3,(H,18,19). The minimum Gasteiger partial charge on any atom is -0.480 e. The number of nitrogens with zero attached hydrogens (tertiary/aromatic N) is 3. The Hall–Kier alpha value is -1.85. The smallest absolute Gasteiger partial charge is 0.326 e. The maximum atomic E-state index is 11.5. The first-order valence-corrected chi connectivity index (χ1v) is 7.11. The molecule has 0 radical (unpaired) electrons. The number of carboxylic acid groups (broad SMARTS) is 1. The lowest BCUT2D eigenvalue weighted by atomic mass is 9.89. The van der Waals surface area contributed by atoms with Crippen molar-refractivity contribution in [3.8, 4) is 5.88 Å². The summed E-state index contributed by atoms with van der Waals surface area (Å²) in [6.07, 6.45) is 4.24. The summed E-state index contributed by atoms with van der Waals surface area (Å²) < 4.78 is 5.35. The highest BCUT2D eigenvalue weighted by atomic mass is 16.5. The van der Waals surface area contributed by atoms with Gasteiger partial charge in [0.2, 0.25) is 11.8 Å². The summed E-state index contributed by atoms with van der Waals surface area (Å²) in [5.74, 6) is 0.577. The van der Waals surface area contributed by atoms with Gasteiger partial charge in [0.15, 0.2) is 0 Å². The third-order valence-corrected chi connectivity index (χ3v) is 3.74. The molecule has 6 nitrogen and oxygen atoms in total. The van der Waals surface area contributed by atoms with Crippen molar-refractivity contribution in [1.82, 2.24) is 9.97 Å². The van der Waals surface area contributed by atoms with Crippen molar-refractivity contribution < 1.29 is 14.6 Å². The van der Waals surface area contributed by atoms with Crippen LogP contribution in [-0.2, 0) is 4.79 Å². The molecule has 1 saturated heterocycles. The Morgan fingerprint density at radius 2 is 2.35 bits per heavy atom. The van der Waals surface area contributed by atoms with E-state index >= 15 is 0 Å². The lowest BCUT2D eigenvalue weighted by molar-refractivity contribution is -0.139. The number of piperidine rings is 1. The fraction of sp³-hybridized carbons (Fsp3) is 0.643. The van der Waals surface area contributed by atoms with E-state index in [2.05, 4.69) is 16.9 Å². The van der Waals surface area contributed by atoms with Crippen LogP contribution in [0.4, 0.5) is 5.95 Å². The number of anilines is 1. The molecule has 1 aliphatic rings. The van der Waals surface area contributed by atoms with Crippen LogP contribution in [0.3, 0.4) is 0 Å². The van der Waals surface area contributed by atoms with Crippen LogP contribution >= 0.6 is 0 Å². The van der Waals surface area contributed by atoms with Crippen LogP contribution in [0.5, 0.6) is 5.88 Å². The molecule has 0 bridgehead atoms. The maximum absolute atomic E-state index is 11.5. The van der Waals surface area contributed by atoms with Crippen LogP contribution in [0.1, 0.15) is 33.1 Å². The Balaban J connectivity index is 2.21. The molecule has 0 amide bonds. The summed E-state index contributed by atoms with van der Waals surface area (Å²) in [5, 5.41) is 9.43. The third-order valence-electron chi connectivity index (χ3n) is 3.74. The van der Waals surface area contributed by atoms with Gasteiger partial charge >= 0.3 is 5.97 Å². The highest BCUT2D eigenvalue weighted by Gasteiger charge is 2.34. The molecule has 0 aromatic carbocycles. The molecule has 0 spiro atoms. The molecular weight excluding hydrogens is 258 g/mol. The molecule has 0 saturated carbocycles. The predicted molar refractivity (Wildman–Crippen MR) is 75.0 cm³/mol. The van der Waals surface area contributed by atoms with Crippen molar-refractivity contribution in [1.29, 1.82) is 0 Å². The van der Waals surface area contributed by atoms with Crippen molar-refractivity contribution in [2.24, 2.45) is 5.92 Å². The molecule has 1 aromatic rings. The molecule has 6 heteroatoms. The molecule has 2 rings (SSSR count). The number of aliphatic carboxylic acids is 1. The van der Waals surface area contributed by atoms with Crippen molar-refractivity contribution in [2.45, 2.75) is 39.2 Å². The summed E-state index contributed by atoms with van der Waals surface area (Å²) in [4.78, 5) is 21.8. The topological polar surface area (TPSA) is 75.5 Å². The molecule has 0 aliphatic carbocycles. The molecule has 20 heavy (non-hydrogen) atoms. The fourth-order valence-corrected chi connectivity index (χ4v) is 2.58. The second-order valence-corrected chi connectivity index (χ2v) is 4.97. The van der Waals surface area contributed by atoms with Crippen LogP contribution in [0.15, 0.2) is 12.3 Å². The predicted octanol–water partition coefficient (Wildman–Crippen LogP) is 1.95. The van der Waals surface area contributed by atoms with Gasteiger partial charge in [-0.15, -0.1) is 0 Å². The van der Waals surface area contributed by atoms with Crippen LogP contribution < -0.4 is 9.64 Å². The van der Waals surface area contributed by atoms with Gasteiger partial charge in [-0.25, -0.2) is 9.78 Å². The van der Waals surface area contributed by atoms with E-state index in [1.807, 2.05) is 6.92 Å². The van der Waals surface area contributed by atoms with Gasteiger partial charge in [-0.3, -0.25) is 0 Å². The second-order valence-electron chi connectivity index (χ2n) is 4.97. The zero-order valence-corrected chi connectivity index (χ0v) is 12.0. The SMILES string of the molecule is CCOc1ccnc(N2CCC(CC)CC2C(=O)O)n1. The lowest BCUT2D eigenvalue weighted by Gasteiger charge is -2.36. The number of carboxylic acids is 1. The highest BCUT2D eigenvalue weighted by molar-refractivity contribution is 5.77. The zero-order valence-electron chi connectivity index (χ0n) is 12.0. The number of aromatic nitrogens is 2. The summed E-state index contributed by atoms with van der Waals surface area (Å²) in [6, 6.07) is 1.13. The molecule has 1 aliphatic heterocycles.